The summed E-state index contributed by atoms with van der Waals surface area (Å²) in [5.74, 6) is -0.201. The van der Waals surface area contributed by atoms with Crippen molar-refractivity contribution < 1.29 is 19.5 Å². The van der Waals surface area contributed by atoms with Crippen LogP contribution in [0.3, 0.4) is 0 Å². The Morgan fingerprint density at radius 3 is 2.31 bits per heavy atom. The number of halogens is 1. The second-order valence-corrected chi connectivity index (χ2v) is 9.71. The van der Waals surface area contributed by atoms with Crippen LogP contribution in [0.15, 0.2) is 24.3 Å². The van der Waals surface area contributed by atoms with Gasteiger partial charge in [0.05, 0.1) is 0 Å². The molecule has 0 radical (unpaired) electrons. The summed E-state index contributed by atoms with van der Waals surface area (Å²) < 4.78 is 0. The van der Waals surface area contributed by atoms with Crippen molar-refractivity contribution in [3.63, 3.8) is 0 Å². The number of nitrogens with one attached hydrogen (secondary N) is 1. The summed E-state index contributed by atoms with van der Waals surface area (Å²) in [4.78, 5) is 42.2. The summed E-state index contributed by atoms with van der Waals surface area (Å²) in [6, 6.07) is 7.34. The number of benzene rings is 1. The maximum atomic E-state index is 14.1. The van der Waals surface area contributed by atoms with Crippen molar-refractivity contribution in [1.82, 2.24) is 15.1 Å². The average molecular weight is 462 g/mol. The van der Waals surface area contributed by atoms with Gasteiger partial charge in [-0.1, -0.05) is 30.2 Å². The van der Waals surface area contributed by atoms with E-state index in [1.54, 1.807) is 19.1 Å². The zero-order valence-corrected chi connectivity index (χ0v) is 19.3. The average Bonchev–Trinajstić information content (AvgIpc) is 3.18. The van der Waals surface area contributed by atoms with Crippen molar-refractivity contribution in [2.24, 2.45) is 11.8 Å². The second kappa shape index (κ2) is 9.40. The fourth-order valence-electron chi connectivity index (χ4n) is 5.68. The lowest BCUT2D eigenvalue weighted by molar-refractivity contribution is -0.143. The number of likely N-dealkylation sites (N-methyl/N-ethyl adjacent to an activating group) is 1. The van der Waals surface area contributed by atoms with Crippen LogP contribution in [0.1, 0.15) is 50.5 Å². The van der Waals surface area contributed by atoms with E-state index in [0.29, 0.717) is 44.0 Å². The zero-order chi connectivity index (χ0) is 22.9. The minimum Gasteiger partial charge on any atom is -0.465 e. The van der Waals surface area contributed by atoms with Gasteiger partial charge in [-0.3, -0.25) is 14.5 Å². The summed E-state index contributed by atoms with van der Waals surface area (Å²) in [5.41, 5.74) is -0.260. The normalized spacial score (nSPS) is 26.6. The molecule has 1 aromatic carbocycles. The molecule has 8 heteroatoms. The Labute approximate surface area is 194 Å². The summed E-state index contributed by atoms with van der Waals surface area (Å²) in [7, 11) is 0. The van der Waals surface area contributed by atoms with Crippen LogP contribution in [0.2, 0.25) is 5.02 Å². The van der Waals surface area contributed by atoms with Gasteiger partial charge >= 0.3 is 6.09 Å². The Morgan fingerprint density at radius 1 is 1.12 bits per heavy atom. The number of nitrogens with zero attached hydrogens (tertiary/aromatic N) is 2. The monoisotopic (exact) mass is 461 g/mol. The third kappa shape index (κ3) is 4.01. The van der Waals surface area contributed by atoms with Crippen molar-refractivity contribution in [3.8, 4) is 0 Å². The molecule has 1 aliphatic carbocycles. The van der Waals surface area contributed by atoms with E-state index in [0.717, 1.165) is 24.8 Å². The number of amides is 2. The van der Waals surface area contributed by atoms with Crippen LogP contribution in [0, 0.1) is 11.8 Å². The number of carbonyl (C=O) groups excluding carboxylic acids is 2. The first kappa shape index (κ1) is 23.1. The highest BCUT2D eigenvalue weighted by Crippen LogP contribution is 2.41. The molecule has 1 saturated carbocycles. The maximum absolute atomic E-state index is 14.1. The standard InChI is InChI=1S/C24H32ClN3O4/c1-2-28(23(31)32)24(15-26-14-20(24)16-6-8-19(25)9-7-16)21(29)17-10-12-27(13-11-17)22(30)18-4-3-5-18/h6-9,17-18,20,26H,2-5,10-15H2,1H3,(H,31,32)/t20-,24+/m0/s1. The molecule has 3 fully saturated rings. The van der Waals surface area contributed by atoms with Crippen LogP contribution in [0.5, 0.6) is 0 Å². The SMILES string of the molecule is CCN(C(=O)O)[C@]1(C(=O)C2CCN(C(=O)C3CCC3)CC2)CNC[C@H]1c1ccc(Cl)cc1. The van der Waals surface area contributed by atoms with E-state index in [2.05, 4.69) is 5.32 Å². The van der Waals surface area contributed by atoms with E-state index in [1.165, 1.54) is 4.90 Å². The molecule has 2 amide bonds. The Hall–Kier alpha value is -2.12. The number of ketones is 1. The molecule has 7 nitrogen and oxygen atoms in total. The molecule has 32 heavy (non-hydrogen) atoms. The minimum absolute atomic E-state index is 0.0255. The molecule has 2 atom stereocenters. The Morgan fingerprint density at radius 2 is 1.78 bits per heavy atom. The second-order valence-electron chi connectivity index (χ2n) is 9.28. The van der Waals surface area contributed by atoms with Crippen molar-refractivity contribution >= 4 is 29.4 Å². The lowest BCUT2D eigenvalue weighted by Crippen LogP contribution is -2.63. The predicted octanol–water partition coefficient (Wildman–Crippen LogP) is 3.37. The molecule has 0 aromatic heterocycles. The fourth-order valence-corrected chi connectivity index (χ4v) is 5.81. The first-order valence-corrected chi connectivity index (χ1v) is 12.1. The first-order chi connectivity index (χ1) is 15.4. The number of Topliss-reactive ketones (excluding diaryl/α,β-unsaturated/α-hetero) is 1. The van der Waals surface area contributed by atoms with Gasteiger partial charge in [-0.05, 0) is 50.3 Å². The van der Waals surface area contributed by atoms with Gasteiger partial charge < -0.3 is 15.3 Å². The lowest BCUT2D eigenvalue weighted by atomic mass is 9.71. The molecule has 0 unspecified atom stereocenters. The van der Waals surface area contributed by atoms with E-state index >= 15 is 0 Å². The summed E-state index contributed by atoms with van der Waals surface area (Å²) in [6.45, 7) is 3.96. The highest BCUT2D eigenvalue weighted by atomic mass is 35.5. The van der Waals surface area contributed by atoms with E-state index in [-0.39, 0.29) is 36.0 Å². The van der Waals surface area contributed by atoms with Gasteiger partial charge in [-0.2, -0.15) is 0 Å². The molecular formula is C24H32ClN3O4. The summed E-state index contributed by atoms with van der Waals surface area (Å²) in [5, 5.41) is 13.9. The molecular weight excluding hydrogens is 430 g/mol. The predicted molar refractivity (Wildman–Crippen MR) is 122 cm³/mol. The molecule has 1 aromatic rings. The van der Waals surface area contributed by atoms with Crippen LogP contribution >= 0.6 is 11.6 Å². The number of hydrogen-bond donors (Lipinski definition) is 2. The largest absolute Gasteiger partial charge is 0.465 e. The smallest absolute Gasteiger partial charge is 0.408 e. The molecule has 4 rings (SSSR count). The lowest BCUT2D eigenvalue weighted by Gasteiger charge is -2.45. The number of hydrogen-bond acceptors (Lipinski definition) is 4. The first-order valence-electron chi connectivity index (χ1n) is 11.7. The van der Waals surface area contributed by atoms with Crippen molar-refractivity contribution in [1.29, 1.82) is 0 Å². The molecule has 3 aliphatic rings. The summed E-state index contributed by atoms with van der Waals surface area (Å²) >= 11 is 6.07. The maximum Gasteiger partial charge on any atom is 0.408 e. The molecule has 2 aliphatic heterocycles. The molecule has 2 N–H and O–H groups in total. The van der Waals surface area contributed by atoms with Crippen molar-refractivity contribution in [3.05, 3.63) is 34.9 Å². The van der Waals surface area contributed by atoms with Gasteiger partial charge in [0.15, 0.2) is 5.78 Å². The van der Waals surface area contributed by atoms with E-state index < -0.39 is 11.6 Å². The number of rotatable bonds is 6. The van der Waals surface area contributed by atoms with Crippen molar-refractivity contribution in [2.75, 3.05) is 32.7 Å². The highest BCUT2D eigenvalue weighted by Gasteiger charge is 2.56. The van der Waals surface area contributed by atoms with Gasteiger partial charge in [-0.15, -0.1) is 0 Å². The fraction of sp³-hybridized carbons (Fsp3) is 0.625. The van der Waals surface area contributed by atoms with Crippen LogP contribution in [-0.4, -0.2) is 71.0 Å². The molecule has 0 spiro atoms. The Kier molecular flexibility index (Phi) is 6.77. The molecule has 174 valence electrons. The summed E-state index contributed by atoms with van der Waals surface area (Å²) in [6.07, 6.45) is 3.15. The Balaban J connectivity index is 1.59. The molecule has 0 bridgehead atoms. The van der Waals surface area contributed by atoms with Crippen LogP contribution in [0.25, 0.3) is 0 Å². The van der Waals surface area contributed by atoms with Gasteiger partial charge in [0.2, 0.25) is 5.91 Å². The van der Waals surface area contributed by atoms with Gasteiger partial charge in [-0.25, -0.2) is 4.79 Å². The number of carbonyl (C=O) groups is 3. The van der Waals surface area contributed by atoms with Crippen LogP contribution < -0.4 is 5.32 Å². The quantitative estimate of drug-likeness (QED) is 0.677. The minimum atomic E-state index is -1.17. The van der Waals surface area contributed by atoms with Crippen molar-refractivity contribution in [2.45, 2.75) is 50.5 Å². The third-order valence-corrected chi connectivity index (χ3v) is 7.93. The molecule has 2 heterocycles. The third-order valence-electron chi connectivity index (χ3n) is 7.68. The van der Waals surface area contributed by atoms with E-state index in [1.807, 2.05) is 17.0 Å². The topological polar surface area (TPSA) is 90.0 Å². The number of piperidine rings is 1. The van der Waals surface area contributed by atoms with Gasteiger partial charge in [0.25, 0.3) is 0 Å². The number of likely N-dealkylation sites (tertiary alicyclic amines) is 1. The van der Waals surface area contributed by atoms with Crippen LogP contribution in [-0.2, 0) is 9.59 Å². The zero-order valence-electron chi connectivity index (χ0n) is 18.6. The van der Waals surface area contributed by atoms with Gasteiger partial charge in [0.1, 0.15) is 5.54 Å². The molecule has 2 saturated heterocycles. The highest BCUT2D eigenvalue weighted by molar-refractivity contribution is 6.30. The van der Waals surface area contributed by atoms with E-state index in [9.17, 15) is 19.5 Å². The Bertz CT molecular complexity index is 865. The van der Waals surface area contributed by atoms with Crippen LogP contribution in [0.4, 0.5) is 4.79 Å². The van der Waals surface area contributed by atoms with E-state index in [4.69, 9.17) is 11.6 Å². The number of carboxylic acid groups (broad SMARTS) is 1. The van der Waals surface area contributed by atoms with Gasteiger partial charge in [0, 0.05) is 55.5 Å².